The number of nitrogens with zero attached hydrogens (tertiary/aromatic N) is 3. The van der Waals surface area contributed by atoms with Crippen molar-refractivity contribution in [3.05, 3.63) is 53.7 Å². The molecular weight excluding hydrogens is 300 g/mol. The van der Waals surface area contributed by atoms with E-state index in [4.69, 9.17) is 0 Å². The van der Waals surface area contributed by atoms with E-state index in [1.54, 1.807) is 12.5 Å². The normalized spacial score (nSPS) is 11.1. The van der Waals surface area contributed by atoms with E-state index in [2.05, 4.69) is 35.4 Å². The first-order chi connectivity index (χ1) is 11.6. The van der Waals surface area contributed by atoms with E-state index in [9.17, 15) is 4.79 Å². The minimum atomic E-state index is -0.00474. The fraction of sp³-hybridized carbons (Fsp3) is 0.368. The molecule has 5 nitrogen and oxygen atoms in total. The van der Waals surface area contributed by atoms with Gasteiger partial charge in [-0.1, -0.05) is 13.0 Å². The lowest BCUT2D eigenvalue weighted by atomic mass is 10.1. The van der Waals surface area contributed by atoms with Crippen LogP contribution in [0.4, 0.5) is 0 Å². The Morgan fingerprint density at radius 1 is 1.33 bits per heavy atom. The predicted molar refractivity (Wildman–Crippen MR) is 96.2 cm³/mol. The van der Waals surface area contributed by atoms with Crippen LogP contribution in [-0.2, 0) is 20.0 Å². The summed E-state index contributed by atoms with van der Waals surface area (Å²) in [5.74, 6) is -0.00474. The second kappa shape index (κ2) is 6.91. The molecule has 1 N–H and O–H groups in total. The van der Waals surface area contributed by atoms with Gasteiger partial charge in [-0.05, 0) is 43.0 Å². The fourth-order valence-corrected chi connectivity index (χ4v) is 3.18. The minimum Gasteiger partial charge on any atom is -0.351 e. The molecule has 2 aromatic heterocycles. The monoisotopic (exact) mass is 324 g/mol. The lowest BCUT2D eigenvalue weighted by Gasteiger charge is -2.08. The Bertz CT molecular complexity index is 846. The number of hydrogen-bond donors (Lipinski definition) is 1. The Morgan fingerprint density at radius 3 is 2.88 bits per heavy atom. The van der Waals surface area contributed by atoms with Crippen LogP contribution in [-0.4, -0.2) is 26.6 Å². The molecule has 0 fully saturated rings. The quantitative estimate of drug-likeness (QED) is 0.709. The van der Waals surface area contributed by atoms with Gasteiger partial charge in [0.1, 0.15) is 5.69 Å². The number of rotatable bonds is 6. The number of aromatic nitrogens is 3. The number of benzene rings is 1. The van der Waals surface area contributed by atoms with Gasteiger partial charge in [0.05, 0.1) is 6.33 Å². The zero-order valence-corrected chi connectivity index (χ0v) is 14.5. The summed E-state index contributed by atoms with van der Waals surface area (Å²) in [6.45, 7) is 5.68. The first-order valence-electron chi connectivity index (χ1n) is 8.43. The molecule has 3 rings (SSSR count). The summed E-state index contributed by atoms with van der Waals surface area (Å²) >= 11 is 0. The number of imidazole rings is 1. The average molecular weight is 324 g/mol. The van der Waals surface area contributed by atoms with Crippen LogP contribution in [0.25, 0.3) is 10.9 Å². The Labute approximate surface area is 142 Å². The van der Waals surface area contributed by atoms with Gasteiger partial charge in [0.15, 0.2) is 0 Å². The van der Waals surface area contributed by atoms with Gasteiger partial charge in [-0.15, -0.1) is 0 Å². The molecule has 0 saturated carbocycles. The summed E-state index contributed by atoms with van der Waals surface area (Å²) in [5.41, 5.74) is 4.20. The highest BCUT2D eigenvalue weighted by atomic mass is 16.1. The van der Waals surface area contributed by atoms with E-state index in [-0.39, 0.29) is 5.91 Å². The van der Waals surface area contributed by atoms with Crippen LogP contribution in [0, 0.1) is 6.92 Å². The maximum absolute atomic E-state index is 12.6. The number of amides is 1. The SMILES string of the molecule is CCc1ccc2c(c1)c(C)c(C(=O)NCCCn1ccnc1)n2C. The van der Waals surface area contributed by atoms with Gasteiger partial charge in [-0.3, -0.25) is 4.79 Å². The summed E-state index contributed by atoms with van der Waals surface area (Å²) in [7, 11) is 1.96. The Morgan fingerprint density at radius 2 is 2.17 bits per heavy atom. The number of fused-ring (bicyclic) bond motifs is 1. The first-order valence-corrected chi connectivity index (χ1v) is 8.43. The molecule has 0 saturated heterocycles. The molecule has 0 atom stereocenters. The molecule has 126 valence electrons. The Kier molecular flexibility index (Phi) is 4.69. The van der Waals surface area contributed by atoms with Crippen LogP contribution in [0.1, 0.15) is 35.0 Å². The zero-order valence-electron chi connectivity index (χ0n) is 14.5. The van der Waals surface area contributed by atoms with Gasteiger partial charge in [0.25, 0.3) is 5.91 Å². The molecule has 0 bridgehead atoms. The highest BCUT2D eigenvalue weighted by Crippen LogP contribution is 2.26. The van der Waals surface area contributed by atoms with Crippen molar-refractivity contribution in [2.75, 3.05) is 6.54 Å². The van der Waals surface area contributed by atoms with Crippen molar-refractivity contribution in [1.82, 2.24) is 19.4 Å². The zero-order chi connectivity index (χ0) is 17.1. The van der Waals surface area contributed by atoms with E-state index >= 15 is 0 Å². The third kappa shape index (κ3) is 3.07. The summed E-state index contributed by atoms with van der Waals surface area (Å²) in [6.07, 6.45) is 7.37. The highest BCUT2D eigenvalue weighted by Gasteiger charge is 2.18. The van der Waals surface area contributed by atoms with Gasteiger partial charge in [-0.25, -0.2) is 4.98 Å². The van der Waals surface area contributed by atoms with E-state index in [1.807, 2.05) is 29.3 Å². The fourth-order valence-electron chi connectivity index (χ4n) is 3.18. The number of aryl methyl sites for hydroxylation is 4. The topological polar surface area (TPSA) is 51.9 Å². The van der Waals surface area contributed by atoms with E-state index < -0.39 is 0 Å². The van der Waals surface area contributed by atoms with Gasteiger partial charge in [0.2, 0.25) is 0 Å². The maximum Gasteiger partial charge on any atom is 0.268 e. The Balaban J connectivity index is 1.72. The second-order valence-electron chi connectivity index (χ2n) is 6.15. The lowest BCUT2D eigenvalue weighted by molar-refractivity contribution is 0.0944. The lowest BCUT2D eigenvalue weighted by Crippen LogP contribution is -2.27. The summed E-state index contributed by atoms with van der Waals surface area (Å²) in [4.78, 5) is 16.6. The van der Waals surface area contributed by atoms with Crippen molar-refractivity contribution in [1.29, 1.82) is 0 Å². The summed E-state index contributed by atoms with van der Waals surface area (Å²) in [6, 6.07) is 6.44. The van der Waals surface area contributed by atoms with Crippen LogP contribution < -0.4 is 5.32 Å². The molecule has 0 unspecified atom stereocenters. The average Bonchev–Trinajstić information content (AvgIpc) is 3.19. The van der Waals surface area contributed by atoms with Gasteiger partial charge >= 0.3 is 0 Å². The van der Waals surface area contributed by atoms with Crippen LogP contribution in [0.3, 0.4) is 0 Å². The van der Waals surface area contributed by atoms with Crippen LogP contribution in [0.15, 0.2) is 36.9 Å². The minimum absolute atomic E-state index is 0.00474. The molecule has 0 spiro atoms. The summed E-state index contributed by atoms with van der Waals surface area (Å²) in [5, 5.41) is 4.21. The van der Waals surface area contributed by atoms with E-state index in [0.717, 1.165) is 36.2 Å². The summed E-state index contributed by atoms with van der Waals surface area (Å²) < 4.78 is 4.01. The third-order valence-electron chi connectivity index (χ3n) is 4.58. The van der Waals surface area contributed by atoms with Crippen molar-refractivity contribution >= 4 is 16.8 Å². The van der Waals surface area contributed by atoms with Crippen molar-refractivity contribution < 1.29 is 4.79 Å². The van der Waals surface area contributed by atoms with Crippen molar-refractivity contribution in [3.8, 4) is 0 Å². The molecule has 0 radical (unpaired) electrons. The molecule has 1 amide bonds. The largest absolute Gasteiger partial charge is 0.351 e. The number of carbonyl (C=O) groups excluding carboxylic acids is 1. The predicted octanol–water partition coefficient (Wildman–Crippen LogP) is 3.07. The van der Waals surface area contributed by atoms with Crippen molar-refractivity contribution in [2.24, 2.45) is 7.05 Å². The standard InChI is InChI=1S/C19H24N4O/c1-4-15-6-7-17-16(12-15)14(2)18(22(17)3)19(24)21-8-5-10-23-11-9-20-13-23/h6-7,9,11-13H,4-5,8,10H2,1-3H3,(H,21,24). The Hall–Kier alpha value is -2.56. The first kappa shape index (κ1) is 16.3. The molecule has 1 aromatic carbocycles. The van der Waals surface area contributed by atoms with Crippen molar-refractivity contribution in [2.45, 2.75) is 33.2 Å². The number of nitrogens with one attached hydrogen (secondary N) is 1. The van der Waals surface area contributed by atoms with Gasteiger partial charge in [-0.2, -0.15) is 0 Å². The van der Waals surface area contributed by atoms with Crippen LogP contribution in [0.2, 0.25) is 0 Å². The van der Waals surface area contributed by atoms with Crippen molar-refractivity contribution in [3.63, 3.8) is 0 Å². The number of hydrogen-bond acceptors (Lipinski definition) is 2. The molecule has 2 heterocycles. The van der Waals surface area contributed by atoms with Crippen LogP contribution >= 0.6 is 0 Å². The molecule has 0 aliphatic carbocycles. The molecule has 0 aliphatic heterocycles. The van der Waals surface area contributed by atoms with Crippen LogP contribution in [0.5, 0.6) is 0 Å². The number of carbonyl (C=O) groups is 1. The smallest absolute Gasteiger partial charge is 0.268 e. The van der Waals surface area contributed by atoms with Gasteiger partial charge in [0, 0.05) is 43.4 Å². The molecule has 24 heavy (non-hydrogen) atoms. The molecule has 3 aromatic rings. The second-order valence-corrected chi connectivity index (χ2v) is 6.15. The highest BCUT2D eigenvalue weighted by molar-refractivity contribution is 6.01. The third-order valence-corrected chi connectivity index (χ3v) is 4.58. The van der Waals surface area contributed by atoms with E-state index in [1.165, 1.54) is 10.9 Å². The van der Waals surface area contributed by atoms with Gasteiger partial charge < -0.3 is 14.5 Å². The molecule has 0 aliphatic rings. The van der Waals surface area contributed by atoms with E-state index in [0.29, 0.717) is 6.54 Å². The molecule has 5 heteroatoms. The molecular formula is C19H24N4O. The maximum atomic E-state index is 12.6.